The van der Waals surface area contributed by atoms with Gasteiger partial charge in [0.2, 0.25) is 5.91 Å². The number of anilines is 1. The first-order valence-corrected chi connectivity index (χ1v) is 6.80. The van der Waals surface area contributed by atoms with Crippen LogP contribution in [0.2, 0.25) is 5.15 Å². The van der Waals surface area contributed by atoms with Crippen molar-refractivity contribution in [2.24, 2.45) is 0 Å². The third-order valence-corrected chi connectivity index (χ3v) is 3.56. The molecule has 1 aliphatic heterocycles. The molecule has 1 amide bonds. The molecule has 3 rings (SSSR count). The Balaban J connectivity index is 2.22. The quantitative estimate of drug-likeness (QED) is 0.794. The van der Waals surface area contributed by atoms with Gasteiger partial charge in [-0.05, 0) is 20.3 Å². The normalized spacial score (nSPS) is 16.0. The molecular weight excluding hydrogens is 264 g/mol. The Morgan fingerprint density at radius 1 is 1.42 bits per heavy atom. The summed E-state index contributed by atoms with van der Waals surface area (Å²) in [6, 6.07) is 2.00. The van der Waals surface area contributed by atoms with Gasteiger partial charge in [0.25, 0.3) is 0 Å². The summed E-state index contributed by atoms with van der Waals surface area (Å²) in [5.74, 6) is 0.834. The van der Waals surface area contributed by atoms with E-state index in [1.54, 1.807) is 17.2 Å². The number of carbonyl (C=O) groups is 1. The van der Waals surface area contributed by atoms with Crippen LogP contribution < -0.4 is 4.90 Å². The molecule has 0 spiro atoms. The number of amides is 1. The van der Waals surface area contributed by atoms with Crippen molar-refractivity contribution in [2.45, 2.75) is 32.7 Å². The molecule has 19 heavy (non-hydrogen) atoms. The average Bonchev–Trinajstić information content (AvgIpc) is 2.92. The second-order valence-corrected chi connectivity index (χ2v) is 5.42. The van der Waals surface area contributed by atoms with Crippen LogP contribution in [0.1, 0.15) is 32.7 Å². The fourth-order valence-corrected chi connectivity index (χ4v) is 2.61. The summed E-state index contributed by atoms with van der Waals surface area (Å²) in [6.45, 7) is 4.83. The maximum absolute atomic E-state index is 11.9. The number of rotatable bonds is 2. The van der Waals surface area contributed by atoms with Crippen LogP contribution in [0.15, 0.2) is 12.3 Å². The minimum atomic E-state index is 0.130. The van der Waals surface area contributed by atoms with E-state index in [0.29, 0.717) is 17.4 Å². The summed E-state index contributed by atoms with van der Waals surface area (Å²) < 4.78 is 1.89. The molecule has 5 nitrogen and oxygen atoms in total. The predicted molar refractivity (Wildman–Crippen MR) is 74.5 cm³/mol. The Kier molecular flexibility index (Phi) is 2.93. The van der Waals surface area contributed by atoms with Crippen LogP contribution in [0, 0.1) is 0 Å². The molecule has 2 aromatic rings. The lowest BCUT2D eigenvalue weighted by Gasteiger charge is -2.12. The second-order valence-electron chi connectivity index (χ2n) is 5.04. The van der Waals surface area contributed by atoms with Crippen molar-refractivity contribution in [1.29, 1.82) is 0 Å². The molecule has 0 bridgehead atoms. The number of carbonyl (C=O) groups excluding carboxylic acids is 1. The van der Waals surface area contributed by atoms with Crippen molar-refractivity contribution in [3.63, 3.8) is 0 Å². The molecule has 1 fully saturated rings. The molecule has 6 heteroatoms. The SMILES string of the molecule is CC(C)n1nc(N2CCCC2=O)c2cnc(Cl)cc21. The van der Waals surface area contributed by atoms with E-state index in [1.807, 2.05) is 4.68 Å². The molecule has 0 aliphatic carbocycles. The average molecular weight is 279 g/mol. The highest BCUT2D eigenvalue weighted by Gasteiger charge is 2.27. The Bertz CT molecular complexity index is 649. The van der Waals surface area contributed by atoms with E-state index in [1.165, 1.54) is 0 Å². The molecule has 0 saturated carbocycles. The van der Waals surface area contributed by atoms with Crippen molar-refractivity contribution in [1.82, 2.24) is 14.8 Å². The minimum Gasteiger partial charge on any atom is -0.295 e. The first kappa shape index (κ1) is 12.4. The predicted octanol–water partition coefficient (Wildman–Crippen LogP) is 2.79. The molecule has 0 N–H and O–H groups in total. The van der Waals surface area contributed by atoms with E-state index in [9.17, 15) is 4.79 Å². The van der Waals surface area contributed by atoms with Crippen molar-refractivity contribution in [3.8, 4) is 0 Å². The van der Waals surface area contributed by atoms with Gasteiger partial charge in [-0.25, -0.2) is 4.98 Å². The van der Waals surface area contributed by atoms with Crippen LogP contribution in [0.25, 0.3) is 10.9 Å². The smallest absolute Gasteiger partial charge is 0.228 e. The van der Waals surface area contributed by atoms with Gasteiger partial charge in [-0.3, -0.25) is 14.4 Å². The van der Waals surface area contributed by atoms with Gasteiger partial charge < -0.3 is 0 Å². The summed E-state index contributed by atoms with van der Waals surface area (Å²) in [7, 11) is 0. The summed E-state index contributed by atoms with van der Waals surface area (Å²) in [5, 5.41) is 5.91. The highest BCUT2D eigenvalue weighted by atomic mass is 35.5. The topological polar surface area (TPSA) is 51.0 Å². The van der Waals surface area contributed by atoms with Gasteiger partial charge in [-0.2, -0.15) is 5.10 Å². The molecule has 0 unspecified atom stereocenters. The number of hydrogen-bond acceptors (Lipinski definition) is 3. The maximum Gasteiger partial charge on any atom is 0.228 e. The lowest BCUT2D eigenvalue weighted by Crippen LogP contribution is -2.24. The number of fused-ring (bicyclic) bond motifs is 1. The van der Waals surface area contributed by atoms with E-state index in [4.69, 9.17) is 11.6 Å². The number of aromatic nitrogens is 3. The highest BCUT2D eigenvalue weighted by molar-refractivity contribution is 6.30. The number of halogens is 1. The lowest BCUT2D eigenvalue weighted by atomic mass is 10.3. The van der Waals surface area contributed by atoms with Gasteiger partial charge in [0.1, 0.15) is 5.15 Å². The Labute approximate surface area is 116 Å². The zero-order valence-electron chi connectivity index (χ0n) is 10.9. The molecule has 0 aromatic carbocycles. The molecule has 1 aliphatic rings. The van der Waals surface area contributed by atoms with Crippen molar-refractivity contribution >= 4 is 34.2 Å². The number of hydrogen-bond donors (Lipinski definition) is 0. The zero-order valence-corrected chi connectivity index (χ0v) is 11.7. The summed E-state index contributed by atoms with van der Waals surface area (Å²) in [4.78, 5) is 17.8. The van der Waals surface area contributed by atoms with E-state index >= 15 is 0 Å². The molecule has 0 atom stereocenters. The van der Waals surface area contributed by atoms with Crippen molar-refractivity contribution < 1.29 is 4.79 Å². The summed E-state index contributed by atoms with van der Waals surface area (Å²) >= 11 is 5.96. The van der Waals surface area contributed by atoms with Crippen LogP contribution in [0.5, 0.6) is 0 Å². The van der Waals surface area contributed by atoms with Gasteiger partial charge in [0.05, 0.1) is 10.9 Å². The molecule has 0 radical (unpaired) electrons. The van der Waals surface area contributed by atoms with Crippen molar-refractivity contribution in [3.05, 3.63) is 17.4 Å². The van der Waals surface area contributed by atoms with Crippen LogP contribution in [0.4, 0.5) is 5.82 Å². The second kappa shape index (κ2) is 4.49. The Morgan fingerprint density at radius 3 is 2.84 bits per heavy atom. The van der Waals surface area contributed by atoms with Gasteiger partial charge >= 0.3 is 0 Å². The third kappa shape index (κ3) is 1.98. The largest absolute Gasteiger partial charge is 0.295 e. The van der Waals surface area contributed by atoms with Gasteiger partial charge in [0.15, 0.2) is 5.82 Å². The monoisotopic (exact) mass is 278 g/mol. The molecule has 100 valence electrons. The first-order valence-electron chi connectivity index (χ1n) is 6.42. The van der Waals surface area contributed by atoms with Gasteiger partial charge in [-0.1, -0.05) is 11.6 Å². The Hall–Kier alpha value is -1.62. The summed E-state index contributed by atoms with van der Waals surface area (Å²) in [5.41, 5.74) is 0.921. The van der Waals surface area contributed by atoms with Crippen LogP contribution in [0.3, 0.4) is 0 Å². The lowest BCUT2D eigenvalue weighted by molar-refractivity contribution is -0.117. The maximum atomic E-state index is 11.9. The fourth-order valence-electron chi connectivity index (χ4n) is 2.46. The van der Waals surface area contributed by atoms with E-state index in [0.717, 1.165) is 23.9 Å². The Morgan fingerprint density at radius 2 is 2.21 bits per heavy atom. The van der Waals surface area contributed by atoms with Crippen LogP contribution in [-0.2, 0) is 4.79 Å². The van der Waals surface area contributed by atoms with Crippen molar-refractivity contribution in [2.75, 3.05) is 11.4 Å². The summed E-state index contributed by atoms with van der Waals surface area (Å²) in [6.07, 6.45) is 3.18. The van der Waals surface area contributed by atoms with Gasteiger partial charge in [-0.15, -0.1) is 0 Å². The molecule has 3 heterocycles. The zero-order chi connectivity index (χ0) is 13.6. The van der Waals surface area contributed by atoms with E-state index in [2.05, 4.69) is 23.9 Å². The highest BCUT2D eigenvalue weighted by Crippen LogP contribution is 2.31. The first-order chi connectivity index (χ1) is 9.08. The van der Waals surface area contributed by atoms with E-state index in [-0.39, 0.29) is 11.9 Å². The fraction of sp³-hybridized carbons (Fsp3) is 0.462. The molecule has 2 aromatic heterocycles. The van der Waals surface area contributed by atoms with Crippen LogP contribution >= 0.6 is 11.6 Å². The van der Waals surface area contributed by atoms with Crippen LogP contribution in [-0.4, -0.2) is 27.2 Å². The van der Waals surface area contributed by atoms with E-state index < -0.39 is 0 Å². The third-order valence-electron chi connectivity index (χ3n) is 3.36. The molecular formula is C13H15ClN4O. The standard InChI is InChI=1S/C13H15ClN4O/c1-8(2)18-10-6-11(14)15-7-9(10)13(16-18)17-5-3-4-12(17)19/h6-8H,3-5H2,1-2H3. The number of nitrogens with zero attached hydrogens (tertiary/aromatic N) is 4. The van der Waals surface area contributed by atoms with Gasteiger partial charge in [0, 0.05) is 31.3 Å². The number of pyridine rings is 1. The minimum absolute atomic E-state index is 0.130. The molecule has 1 saturated heterocycles.